The molecule has 29 heavy (non-hydrogen) atoms. The molecule has 0 radical (unpaired) electrons. The van der Waals surface area contributed by atoms with Gasteiger partial charge in [-0.2, -0.15) is 0 Å². The highest BCUT2D eigenvalue weighted by Crippen LogP contribution is 2.39. The maximum absolute atomic E-state index is 12.9. The Hall–Kier alpha value is -2.90. The summed E-state index contributed by atoms with van der Waals surface area (Å²) in [6.45, 7) is 0.206. The van der Waals surface area contributed by atoms with Gasteiger partial charge in [0.25, 0.3) is 11.1 Å². The van der Waals surface area contributed by atoms with Crippen LogP contribution in [0.25, 0.3) is 17.0 Å². The van der Waals surface area contributed by atoms with Crippen LogP contribution in [0.3, 0.4) is 0 Å². The number of fused-ring (bicyclic) bond motifs is 2. The van der Waals surface area contributed by atoms with Crippen molar-refractivity contribution in [1.29, 1.82) is 0 Å². The number of carbonyl (C=O) groups excluding carboxylic acids is 2. The molecule has 2 aliphatic heterocycles. The largest absolute Gasteiger partial charge is 0.454 e. The van der Waals surface area contributed by atoms with Gasteiger partial charge in [-0.3, -0.25) is 14.5 Å². The molecule has 0 saturated carbocycles. The Kier molecular flexibility index (Phi) is 4.29. The van der Waals surface area contributed by atoms with Crippen molar-refractivity contribution in [2.45, 2.75) is 6.54 Å². The second-order valence-electron chi connectivity index (χ2n) is 6.78. The van der Waals surface area contributed by atoms with Crippen LogP contribution in [0.1, 0.15) is 11.1 Å². The van der Waals surface area contributed by atoms with Gasteiger partial charge < -0.3 is 14.0 Å². The molecule has 6 nitrogen and oxygen atoms in total. The lowest BCUT2D eigenvalue weighted by Gasteiger charge is -2.14. The number of para-hydroxylation sites is 1. The van der Waals surface area contributed by atoms with Crippen molar-refractivity contribution in [2.75, 3.05) is 6.79 Å². The van der Waals surface area contributed by atoms with Crippen molar-refractivity contribution in [2.24, 2.45) is 7.05 Å². The molecule has 2 aliphatic rings. The smallest absolute Gasteiger partial charge is 0.293 e. The number of aryl methyl sites for hydroxylation is 1. The lowest BCUT2D eigenvalue weighted by Crippen LogP contribution is -2.27. The van der Waals surface area contributed by atoms with Gasteiger partial charge in [0.1, 0.15) is 0 Å². The van der Waals surface area contributed by atoms with Crippen LogP contribution in [0, 0.1) is 0 Å². The first-order chi connectivity index (χ1) is 14.0. The zero-order chi connectivity index (χ0) is 20.1. The zero-order valence-electron chi connectivity index (χ0n) is 15.3. The molecule has 8 heteroatoms. The normalized spacial score (nSPS) is 17.2. The number of nitrogens with zero attached hydrogens (tertiary/aromatic N) is 2. The van der Waals surface area contributed by atoms with Crippen molar-refractivity contribution in [3.8, 4) is 11.5 Å². The van der Waals surface area contributed by atoms with Crippen molar-refractivity contribution >= 4 is 51.5 Å². The third-order valence-electron chi connectivity index (χ3n) is 4.96. The van der Waals surface area contributed by atoms with Crippen molar-refractivity contribution in [1.82, 2.24) is 9.47 Å². The number of hydrogen-bond acceptors (Lipinski definition) is 5. The Labute approximate surface area is 175 Å². The Morgan fingerprint density at radius 2 is 1.93 bits per heavy atom. The van der Waals surface area contributed by atoms with E-state index in [-0.39, 0.29) is 24.5 Å². The summed E-state index contributed by atoms with van der Waals surface area (Å²) in [5.41, 5.74) is 2.59. The molecule has 1 aromatic heterocycles. The summed E-state index contributed by atoms with van der Waals surface area (Å²) in [5, 5.41) is 1.13. The van der Waals surface area contributed by atoms with Gasteiger partial charge >= 0.3 is 0 Å². The van der Waals surface area contributed by atoms with E-state index in [2.05, 4.69) is 0 Å². The highest BCUT2D eigenvalue weighted by atomic mass is 35.5. The predicted octanol–water partition coefficient (Wildman–Crippen LogP) is 4.80. The number of imide groups is 1. The van der Waals surface area contributed by atoms with E-state index >= 15 is 0 Å². The summed E-state index contributed by atoms with van der Waals surface area (Å²) in [7, 11) is 1.95. The summed E-state index contributed by atoms with van der Waals surface area (Å²) in [6, 6.07) is 11.3. The average Bonchev–Trinajstić information content (AvgIpc) is 3.36. The summed E-state index contributed by atoms with van der Waals surface area (Å²) in [4.78, 5) is 27.0. The lowest BCUT2D eigenvalue weighted by atomic mass is 10.1. The second-order valence-corrected chi connectivity index (χ2v) is 8.18. The second kappa shape index (κ2) is 6.86. The van der Waals surface area contributed by atoms with Crippen molar-refractivity contribution < 1.29 is 19.1 Å². The Bertz CT molecular complexity index is 1220. The molecule has 1 saturated heterocycles. The molecule has 0 aliphatic carbocycles. The number of benzene rings is 2. The number of rotatable bonds is 3. The first-order valence-electron chi connectivity index (χ1n) is 8.89. The van der Waals surface area contributed by atoms with Crippen LogP contribution in [-0.4, -0.2) is 27.4 Å². The van der Waals surface area contributed by atoms with E-state index in [1.165, 1.54) is 4.90 Å². The standard InChI is InChI=1S/C21H15ClN2O4S/c1-23-9-12(14-4-2-3-5-16(14)23)7-19-20(25)24(21(26)29-19)10-13-6-17-18(8-15(13)22)28-11-27-17/h2-9H,10-11H2,1H3/b19-7+. The van der Waals surface area contributed by atoms with Crippen LogP contribution < -0.4 is 9.47 Å². The lowest BCUT2D eigenvalue weighted by molar-refractivity contribution is -0.123. The van der Waals surface area contributed by atoms with Gasteiger partial charge in [-0.15, -0.1) is 0 Å². The summed E-state index contributed by atoms with van der Waals surface area (Å²) in [6.07, 6.45) is 3.72. The number of thioether (sulfide) groups is 1. The van der Waals surface area contributed by atoms with Crippen LogP contribution in [0.4, 0.5) is 4.79 Å². The van der Waals surface area contributed by atoms with E-state index in [0.717, 1.165) is 28.2 Å². The molecule has 0 bridgehead atoms. The number of carbonyl (C=O) groups is 2. The fourth-order valence-electron chi connectivity index (χ4n) is 3.52. The minimum Gasteiger partial charge on any atom is -0.454 e. The van der Waals surface area contributed by atoms with Crippen molar-refractivity contribution in [3.63, 3.8) is 0 Å². The Morgan fingerprint density at radius 3 is 2.76 bits per heavy atom. The number of ether oxygens (including phenoxy) is 2. The van der Waals surface area contributed by atoms with Gasteiger partial charge in [-0.1, -0.05) is 29.8 Å². The summed E-state index contributed by atoms with van der Waals surface area (Å²) < 4.78 is 12.7. The fraction of sp³-hybridized carbons (Fsp3) is 0.143. The fourth-order valence-corrected chi connectivity index (χ4v) is 4.56. The molecule has 0 spiro atoms. The molecule has 2 aromatic carbocycles. The number of hydrogen-bond donors (Lipinski definition) is 0. The number of amides is 2. The molecule has 5 rings (SSSR count). The number of aromatic nitrogens is 1. The maximum Gasteiger partial charge on any atom is 0.293 e. The van der Waals surface area contributed by atoms with E-state index in [1.807, 2.05) is 42.1 Å². The highest BCUT2D eigenvalue weighted by Gasteiger charge is 2.36. The molecular weight excluding hydrogens is 412 g/mol. The van der Waals surface area contributed by atoms with Gasteiger partial charge in [0.05, 0.1) is 11.4 Å². The molecule has 3 aromatic rings. The average molecular weight is 427 g/mol. The van der Waals surface area contributed by atoms with E-state index < -0.39 is 0 Å². The Morgan fingerprint density at radius 1 is 1.17 bits per heavy atom. The minimum absolute atomic E-state index is 0.0764. The summed E-state index contributed by atoms with van der Waals surface area (Å²) in [5.74, 6) is 0.785. The molecule has 1 fully saturated rings. The molecule has 2 amide bonds. The van der Waals surface area contributed by atoms with Gasteiger partial charge in [-0.25, -0.2) is 0 Å². The van der Waals surface area contributed by atoms with E-state index in [4.69, 9.17) is 21.1 Å². The topological polar surface area (TPSA) is 60.8 Å². The number of halogens is 1. The quantitative estimate of drug-likeness (QED) is 0.563. The molecule has 3 heterocycles. The van der Waals surface area contributed by atoms with Crippen LogP contribution in [0.2, 0.25) is 5.02 Å². The summed E-state index contributed by atoms with van der Waals surface area (Å²) >= 11 is 7.24. The first kappa shape index (κ1) is 18.1. The van der Waals surface area contributed by atoms with Crippen molar-refractivity contribution in [3.05, 3.63) is 63.6 Å². The Balaban J connectivity index is 1.45. The van der Waals surface area contributed by atoms with Crippen LogP contribution >= 0.6 is 23.4 Å². The first-order valence-corrected chi connectivity index (χ1v) is 10.1. The van der Waals surface area contributed by atoms with Gasteiger partial charge in [-0.05, 0) is 35.5 Å². The third kappa shape index (κ3) is 3.07. The van der Waals surface area contributed by atoms with E-state index in [0.29, 0.717) is 27.0 Å². The third-order valence-corrected chi connectivity index (χ3v) is 6.22. The molecule has 146 valence electrons. The minimum atomic E-state index is -0.332. The maximum atomic E-state index is 12.9. The van der Waals surface area contributed by atoms with Crippen LogP contribution in [-0.2, 0) is 18.4 Å². The van der Waals surface area contributed by atoms with Gasteiger partial charge in [0.15, 0.2) is 11.5 Å². The van der Waals surface area contributed by atoms with E-state index in [1.54, 1.807) is 18.2 Å². The molecule has 0 N–H and O–H groups in total. The predicted molar refractivity (Wildman–Crippen MR) is 112 cm³/mol. The molecular formula is C21H15ClN2O4S. The van der Waals surface area contributed by atoms with Gasteiger partial charge in [0, 0.05) is 40.8 Å². The molecule has 0 unspecified atom stereocenters. The van der Waals surface area contributed by atoms with Crippen LogP contribution in [0.15, 0.2) is 47.5 Å². The zero-order valence-corrected chi connectivity index (χ0v) is 16.9. The van der Waals surface area contributed by atoms with Gasteiger partial charge in [0.2, 0.25) is 6.79 Å². The molecule has 0 atom stereocenters. The highest BCUT2D eigenvalue weighted by molar-refractivity contribution is 8.18. The van der Waals surface area contributed by atoms with E-state index in [9.17, 15) is 9.59 Å². The SMILES string of the molecule is Cn1cc(/C=C2/SC(=O)N(Cc3cc4c(cc3Cl)OCO4)C2=O)c2ccccc21. The monoisotopic (exact) mass is 426 g/mol. The van der Waals surface area contributed by atoms with Crippen LogP contribution in [0.5, 0.6) is 11.5 Å².